The van der Waals surface area contributed by atoms with Gasteiger partial charge in [0.25, 0.3) is 0 Å². The SMILES string of the molecule is Cc1cc([C@@H](C)Nc2ccccc2C(=O)O)c2nc(N3CCC4(CC3)C(F)(F)C4(F)F)c(C#N)nc2c1. The number of aromatic carboxylic acids is 1. The van der Waals surface area contributed by atoms with Crippen LogP contribution in [0.3, 0.4) is 0 Å². The van der Waals surface area contributed by atoms with Crippen molar-refractivity contribution >= 4 is 28.5 Å². The standard InChI is InChI=1S/C26H23F4N5O2/c1-14-11-17(15(2)32-18-6-4-3-5-16(18)23(36)37)21-19(12-14)33-20(13-31)22(34-21)35-9-7-24(8-10-35)25(27,28)26(24,29)30/h3-6,11-12,15,32H,7-10H2,1-2H3,(H,36,37)/t15-/m1/s1. The molecule has 5 rings (SSSR count). The van der Waals surface area contributed by atoms with Crippen molar-refractivity contribution in [2.45, 2.75) is 44.6 Å². The third-order valence-electron chi connectivity index (χ3n) is 7.48. The Morgan fingerprint density at radius 2 is 1.78 bits per heavy atom. The summed E-state index contributed by atoms with van der Waals surface area (Å²) in [5.74, 6) is -8.99. The third-order valence-corrected chi connectivity index (χ3v) is 7.48. The van der Waals surface area contributed by atoms with Crippen LogP contribution in [0.15, 0.2) is 36.4 Å². The first-order valence-electron chi connectivity index (χ1n) is 11.8. The molecule has 1 saturated heterocycles. The van der Waals surface area contributed by atoms with Gasteiger partial charge in [0, 0.05) is 24.3 Å². The predicted octanol–water partition coefficient (Wildman–Crippen LogP) is 5.55. The fourth-order valence-electron chi connectivity index (χ4n) is 5.31. The Bertz CT molecular complexity index is 1450. The summed E-state index contributed by atoms with van der Waals surface area (Å²) in [7, 11) is 0. The van der Waals surface area contributed by atoms with Gasteiger partial charge in [0.1, 0.15) is 11.5 Å². The summed E-state index contributed by atoms with van der Waals surface area (Å²) < 4.78 is 55.5. The number of anilines is 2. The molecule has 1 aliphatic carbocycles. The van der Waals surface area contributed by atoms with Crippen LogP contribution in [0.5, 0.6) is 0 Å². The van der Waals surface area contributed by atoms with Crippen molar-refractivity contribution < 1.29 is 27.5 Å². The zero-order valence-corrected chi connectivity index (χ0v) is 20.0. The molecule has 2 aliphatic rings. The van der Waals surface area contributed by atoms with Gasteiger partial charge in [-0.1, -0.05) is 18.2 Å². The van der Waals surface area contributed by atoms with Gasteiger partial charge in [-0.2, -0.15) is 22.8 Å². The molecule has 2 aromatic carbocycles. The highest BCUT2D eigenvalue weighted by molar-refractivity contribution is 5.94. The number of nitriles is 1. The minimum Gasteiger partial charge on any atom is -0.478 e. The molecule has 1 aliphatic heterocycles. The van der Waals surface area contributed by atoms with Gasteiger partial charge in [-0.25, -0.2) is 14.8 Å². The number of carboxylic acid groups (broad SMARTS) is 1. The highest BCUT2D eigenvalue weighted by Crippen LogP contribution is 2.76. The molecule has 2 N–H and O–H groups in total. The number of piperidine rings is 1. The maximum atomic E-state index is 13.9. The molecule has 1 spiro atoms. The van der Waals surface area contributed by atoms with E-state index in [1.54, 1.807) is 29.2 Å². The molecule has 1 atom stereocenters. The zero-order chi connectivity index (χ0) is 26.8. The molecule has 11 heteroatoms. The van der Waals surface area contributed by atoms with E-state index in [0.717, 1.165) is 5.56 Å². The van der Waals surface area contributed by atoms with Crippen LogP contribution in [0.4, 0.5) is 29.1 Å². The molecule has 1 saturated carbocycles. The molecule has 7 nitrogen and oxygen atoms in total. The summed E-state index contributed by atoms with van der Waals surface area (Å²) in [6, 6.07) is 11.7. The molecule has 0 radical (unpaired) electrons. The van der Waals surface area contributed by atoms with Crippen molar-refractivity contribution in [2.24, 2.45) is 5.41 Å². The zero-order valence-electron chi connectivity index (χ0n) is 20.0. The van der Waals surface area contributed by atoms with E-state index in [2.05, 4.69) is 15.3 Å². The molecular formula is C26H23F4N5O2. The van der Waals surface area contributed by atoms with E-state index in [1.165, 1.54) is 6.07 Å². The molecular weight excluding hydrogens is 490 g/mol. The number of benzene rings is 2. The Hall–Kier alpha value is -3.94. The molecule has 3 aromatic rings. The third kappa shape index (κ3) is 3.57. The fourth-order valence-corrected chi connectivity index (χ4v) is 5.31. The largest absolute Gasteiger partial charge is 0.478 e. The number of carbonyl (C=O) groups is 1. The van der Waals surface area contributed by atoms with Crippen molar-refractivity contribution in [3.63, 3.8) is 0 Å². The predicted molar refractivity (Wildman–Crippen MR) is 128 cm³/mol. The second-order valence-corrected chi connectivity index (χ2v) is 9.66. The van der Waals surface area contributed by atoms with Crippen LogP contribution < -0.4 is 10.2 Å². The Morgan fingerprint density at radius 1 is 1.14 bits per heavy atom. The van der Waals surface area contributed by atoms with E-state index in [4.69, 9.17) is 0 Å². The van der Waals surface area contributed by atoms with Crippen molar-refractivity contribution in [1.29, 1.82) is 5.26 Å². The number of halogens is 4. The lowest BCUT2D eigenvalue weighted by Gasteiger charge is -2.33. The highest BCUT2D eigenvalue weighted by Gasteiger charge is 2.95. The summed E-state index contributed by atoms with van der Waals surface area (Å²) in [6.45, 7) is 3.46. The first-order valence-corrected chi connectivity index (χ1v) is 11.8. The Morgan fingerprint density at radius 3 is 2.38 bits per heavy atom. The quantitative estimate of drug-likeness (QED) is 0.431. The normalized spacial score (nSPS) is 19.9. The molecule has 0 bridgehead atoms. The molecule has 0 amide bonds. The van der Waals surface area contributed by atoms with Crippen LogP contribution in [-0.4, -0.2) is 46.0 Å². The van der Waals surface area contributed by atoms with E-state index in [1.807, 2.05) is 26.0 Å². The van der Waals surface area contributed by atoms with Crippen LogP contribution in [0, 0.1) is 23.7 Å². The van der Waals surface area contributed by atoms with Crippen LogP contribution in [0.1, 0.15) is 53.0 Å². The number of para-hydroxylation sites is 1. The van der Waals surface area contributed by atoms with E-state index >= 15 is 0 Å². The van der Waals surface area contributed by atoms with Crippen LogP contribution in [0.25, 0.3) is 11.0 Å². The second-order valence-electron chi connectivity index (χ2n) is 9.66. The van der Waals surface area contributed by atoms with Crippen LogP contribution >= 0.6 is 0 Å². The number of aryl methyl sites for hydroxylation is 1. The van der Waals surface area contributed by atoms with Gasteiger partial charge in [0.05, 0.1) is 22.6 Å². The number of alkyl halides is 4. The number of nitrogens with one attached hydrogen (secondary N) is 1. The van der Waals surface area contributed by atoms with Crippen molar-refractivity contribution in [3.8, 4) is 6.07 Å². The summed E-state index contributed by atoms with van der Waals surface area (Å²) in [6.07, 6.45) is -0.857. The summed E-state index contributed by atoms with van der Waals surface area (Å²) in [4.78, 5) is 22.3. The Kier molecular flexibility index (Phi) is 5.55. The maximum Gasteiger partial charge on any atom is 0.337 e. The van der Waals surface area contributed by atoms with Crippen molar-refractivity contribution in [3.05, 3.63) is 58.8 Å². The van der Waals surface area contributed by atoms with Gasteiger partial charge in [-0.05, 0) is 50.5 Å². The molecule has 2 fully saturated rings. The van der Waals surface area contributed by atoms with Gasteiger partial charge >= 0.3 is 17.8 Å². The molecule has 2 heterocycles. The van der Waals surface area contributed by atoms with Gasteiger partial charge in [0.2, 0.25) is 0 Å². The smallest absolute Gasteiger partial charge is 0.337 e. The number of hydrogen-bond acceptors (Lipinski definition) is 6. The van der Waals surface area contributed by atoms with Crippen molar-refractivity contribution in [2.75, 3.05) is 23.3 Å². The lowest BCUT2D eigenvalue weighted by atomic mass is 9.92. The molecule has 1 aromatic heterocycles. The van der Waals surface area contributed by atoms with E-state index in [9.17, 15) is 32.7 Å². The summed E-state index contributed by atoms with van der Waals surface area (Å²) in [5.41, 5.74) is 0.539. The average Bonchev–Trinajstić information content (AvgIpc) is 3.19. The van der Waals surface area contributed by atoms with Gasteiger partial charge < -0.3 is 15.3 Å². The Labute approximate surface area is 209 Å². The molecule has 192 valence electrons. The Balaban J connectivity index is 1.51. The van der Waals surface area contributed by atoms with Gasteiger partial charge in [-0.3, -0.25) is 0 Å². The number of aromatic nitrogens is 2. The number of fused-ring (bicyclic) bond motifs is 1. The lowest BCUT2D eigenvalue weighted by molar-refractivity contribution is -0.0278. The summed E-state index contributed by atoms with van der Waals surface area (Å²) >= 11 is 0. The summed E-state index contributed by atoms with van der Waals surface area (Å²) in [5, 5.41) is 22.4. The minimum atomic E-state index is -4.03. The molecule has 37 heavy (non-hydrogen) atoms. The number of hydrogen-bond donors (Lipinski definition) is 2. The minimum absolute atomic E-state index is 0.0221. The van der Waals surface area contributed by atoms with Crippen LogP contribution in [-0.2, 0) is 0 Å². The average molecular weight is 513 g/mol. The number of rotatable bonds is 5. The topological polar surface area (TPSA) is 102 Å². The van der Waals surface area contributed by atoms with E-state index in [0.29, 0.717) is 22.3 Å². The van der Waals surface area contributed by atoms with E-state index < -0.39 is 42.1 Å². The van der Waals surface area contributed by atoms with Crippen LogP contribution in [0.2, 0.25) is 0 Å². The maximum absolute atomic E-state index is 13.9. The lowest BCUT2D eigenvalue weighted by Crippen LogP contribution is -2.38. The van der Waals surface area contributed by atoms with Gasteiger partial charge in [-0.15, -0.1) is 0 Å². The second kappa shape index (κ2) is 8.30. The number of carboxylic acids is 1. The number of nitrogens with zero attached hydrogens (tertiary/aromatic N) is 4. The molecule has 0 unspecified atom stereocenters. The fraction of sp³-hybridized carbons (Fsp3) is 0.385. The first-order chi connectivity index (χ1) is 17.4. The highest BCUT2D eigenvalue weighted by atomic mass is 19.3. The first kappa shape index (κ1) is 24.7. The van der Waals surface area contributed by atoms with Gasteiger partial charge in [0.15, 0.2) is 11.5 Å². The van der Waals surface area contributed by atoms with Crippen molar-refractivity contribution in [1.82, 2.24) is 9.97 Å². The van der Waals surface area contributed by atoms with E-state index in [-0.39, 0.29) is 30.2 Å². The monoisotopic (exact) mass is 513 g/mol.